The van der Waals surface area contributed by atoms with Crippen LogP contribution in [-0.4, -0.2) is 23.6 Å². The predicted octanol–water partition coefficient (Wildman–Crippen LogP) is 4.01. The third-order valence-corrected chi connectivity index (χ3v) is 10.7. The first kappa shape index (κ1) is 17.9. The SMILES string of the molecule is CC1=C(Cl)C2CP(=O)(c3ccccc3)C1[C@H]1C(=O)N(c3ccccc3)C(=O)[C@@H]21. The fraction of sp³-hybridized carbons (Fsp3) is 0.273. The third kappa shape index (κ3) is 2.22. The van der Waals surface area contributed by atoms with Gasteiger partial charge < -0.3 is 4.57 Å². The molecule has 142 valence electrons. The number of benzene rings is 2. The summed E-state index contributed by atoms with van der Waals surface area (Å²) >= 11 is 6.63. The maximum atomic E-state index is 14.2. The first-order valence-corrected chi connectivity index (χ1v) is 11.7. The number of carbonyl (C=O) groups is 2. The molecule has 1 aliphatic carbocycles. The molecule has 4 nitrogen and oxygen atoms in total. The van der Waals surface area contributed by atoms with Gasteiger partial charge in [0.25, 0.3) is 0 Å². The number of nitrogens with zero attached hydrogens (tertiary/aromatic N) is 1. The van der Waals surface area contributed by atoms with Crippen molar-refractivity contribution < 1.29 is 14.2 Å². The quantitative estimate of drug-likeness (QED) is 0.554. The molecule has 2 fully saturated rings. The van der Waals surface area contributed by atoms with Crippen LogP contribution < -0.4 is 10.2 Å². The zero-order valence-electron chi connectivity index (χ0n) is 15.3. The van der Waals surface area contributed by atoms with Gasteiger partial charge in [-0.2, -0.15) is 0 Å². The Bertz CT molecular complexity index is 1070. The summed E-state index contributed by atoms with van der Waals surface area (Å²) in [5.74, 6) is -1.98. The number of anilines is 1. The van der Waals surface area contributed by atoms with Gasteiger partial charge in [0, 0.05) is 22.4 Å². The lowest BCUT2D eigenvalue weighted by atomic mass is 9.74. The predicted molar refractivity (Wildman–Crippen MR) is 110 cm³/mol. The lowest BCUT2D eigenvalue weighted by Gasteiger charge is -2.48. The largest absolute Gasteiger partial charge is 0.318 e. The summed E-state index contributed by atoms with van der Waals surface area (Å²) in [4.78, 5) is 28.0. The average molecular weight is 412 g/mol. The molecule has 2 amide bonds. The van der Waals surface area contributed by atoms with Crippen LogP contribution in [0.5, 0.6) is 0 Å². The van der Waals surface area contributed by atoms with Crippen LogP contribution in [0.1, 0.15) is 6.92 Å². The molecule has 6 rings (SSSR count). The number of hydrogen-bond acceptors (Lipinski definition) is 3. The minimum atomic E-state index is -2.91. The highest BCUT2D eigenvalue weighted by Gasteiger charge is 2.66. The van der Waals surface area contributed by atoms with E-state index in [0.29, 0.717) is 16.9 Å². The van der Waals surface area contributed by atoms with Gasteiger partial charge in [0.15, 0.2) is 0 Å². The van der Waals surface area contributed by atoms with Crippen LogP contribution in [0.2, 0.25) is 0 Å². The molecule has 0 saturated carbocycles. The van der Waals surface area contributed by atoms with Crippen LogP contribution in [0.15, 0.2) is 71.3 Å². The Balaban J connectivity index is 1.67. The van der Waals surface area contributed by atoms with Crippen LogP contribution in [0, 0.1) is 17.8 Å². The van der Waals surface area contributed by atoms with Gasteiger partial charge in [-0.05, 0) is 24.6 Å². The first-order chi connectivity index (χ1) is 13.4. The second kappa shape index (κ2) is 6.17. The fourth-order valence-corrected chi connectivity index (χ4v) is 9.82. The maximum Gasteiger partial charge on any atom is 0.238 e. The van der Waals surface area contributed by atoms with E-state index >= 15 is 0 Å². The smallest absolute Gasteiger partial charge is 0.238 e. The van der Waals surface area contributed by atoms with Crippen molar-refractivity contribution in [2.45, 2.75) is 12.6 Å². The zero-order chi connectivity index (χ0) is 19.6. The molecule has 2 saturated heterocycles. The average Bonchev–Trinajstić information content (AvgIpc) is 2.98. The maximum absolute atomic E-state index is 14.2. The van der Waals surface area contributed by atoms with Crippen LogP contribution in [-0.2, 0) is 14.2 Å². The zero-order valence-corrected chi connectivity index (χ0v) is 16.9. The molecule has 0 spiro atoms. The summed E-state index contributed by atoms with van der Waals surface area (Å²) in [6.07, 6.45) is 0.348. The number of fused-ring (bicyclic) bond motifs is 1. The molecule has 3 heterocycles. The Morgan fingerprint density at radius 2 is 1.50 bits per heavy atom. The van der Waals surface area contributed by atoms with Gasteiger partial charge in [-0.25, -0.2) is 0 Å². The van der Waals surface area contributed by atoms with Crippen molar-refractivity contribution >= 4 is 41.5 Å². The lowest BCUT2D eigenvalue weighted by molar-refractivity contribution is -0.122. The molecular weight excluding hydrogens is 393 g/mol. The van der Waals surface area contributed by atoms with E-state index in [1.807, 2.05) is 43.3 Å². The van der Waals surface area contributed by atoms with Crippen LogP contribution in [0.25, 0.3) is 0 Å². The van der Waals surface area contributed by atoms with E-state index in [-0.39, 0.29) is 17.7 Å². The molecule has 2 aromatic rings. The van der Waals surface area contributed by atoms with Crippen molar-refractivity contribution in [3.05, 3.63) is 71.3 Å². The molecular formula is C22H19ClNO3P. The molecule has 6 heteroatoms. The van der Waals surface area contributed by atoms with Crippen LogP contribution in [0.4, 0.5) is 5.69 Å². The van der Waals surface area contributed by atoms with E-state index < -0.39 is 24.6 Å². The van der Waals surface area contributed by atoms with Gasteiger partial charge in [0.1, 0.15) is 7.14 Å². The molecule has 4 aliphatic rings. The lowest BCUT2D eigenvalue weighted by Crippen LogP contribution is -2.49. The van der Waals surface area contributed by atoms with E-state index in [4.69, 9.17) is 11.6 Å². The van der Waals surface area contributed by atoms with E-state index in [0.717, 1.165) is 10.9 Å². The van der Waals surface area contributed by atoms with Crippen molar-refractivity contribution in [3.63, 3.8) is 0 Å². The molecule has 0 aromatic heterocycles. The summed E-state index contributed by atoms with van der Waals surface area (Å²) in [5, 5.41) is 1.38. The van der Waals surface area contributed by atoms with Crippen molar-refractivity contribution in [2.24, 2.45) is 17.8 Å². The topological polar surface area (TPSA) is 54.5 Å². The third-order valence-electron chi connectivity index (χ3n) is 6.44. The molecule has 28 heavy (non-hydrogen) atoms. The fourth-order valence-electron chi connectivity index (χ4n) is 5.28. The summed E-state index contributed by atoms with van der Waals surface area (Å²) < 4.78 is 14.2. The van der Waals surface area contributed by atoms with Crippen molar-refractivity contribution in [1.82, 2.24) is 0 Å². The van der Waals surface area contributed by atoms with Gasteiger partial charge in [-0.3, -0.25) is 14.5 Å². The Morgan fingerprint density at radius 1 is 0.929 bits per heavy atom. The highest BCUT2D eigenvalue weighted by atomic mass is 35.5. The molecule has 5 atom stereocenters. The number of para-hydroxylation sites is 1. The highest BCUT2D eigenvalue weighted by molar-refractivity contribution is 7.72. The number of halogens is 1. The van der Waals surface area contributed by atoms with Crippen molar-refractivity contribution in [3.8, 4) is 0 Å². The number of rotatable bonds is 2. The molecule has 2 aromatic carbocycles. The summed E-state index contributed by atoms with van der Waals surface area (Å²) in [7, 11) is -2.91. The van der Waals surface area contributed by atoms with Gasteiger partial charge in [-0.15, -0.1) is 0 Å². The minimum Gasteiger partial charge on any atom is -0.318 e. The Kier molecular flexibility index (Phi) is 3.94. The Labute approximate surface area is 168 Å². The van der Waals surface area contributed by atoms with Crippen LogP contribution >= 0.6 is 18.7 Å². The van der Waals surface area contributed by atoms with Crippen molar-refractivity contribution in [1.29, 1.82) is 0 Å². The van der Waals surface area contributed by atoms with E-state index in [1.54, 1.807) is 24.3 Å². The summed E-state index contributed by atoms with van der Waals surface area (Å²) in [6.45, 7) is 1.87. The van der Waals surface area contributed by atoms with E-state index in [2.05, 4.69) is 0 Å². The number of hydrogen-bond donors (Lipinski definition) is 0. The van der Waals surface area contributed by atoms with E-state index in [1.165, 1.54) is 4.90 Å². The molecule has 3 unspecified atom stereocenters. The number of amides is 2. The number of carbonyl (C=O) groups excluding carboxylic acids is 2. The number of imide groups is 1. The molecule has 3 aliphatic heterocycles. The Hall–Kier alpha value is -2.16. The second-order valence-corrected chi connectivity index (χ2v) is 11.2. The normalized spacial score (nSPS) is 34.1. The van der Waals surface area contributed by atoms with Gasteiger partial charge in [0.05, 0.1) is 23.2 Å². The first-order valence-electron chi connectivity index (χ1n) is 9.38. The highest BCUT2D eigenvalue weighted by Crippen LogP contribution is 2.69. The van der Waals surface area contributed by atoms with Crippen molar-refractivity contribution in [2.75, 3.05) is 11.1 Å². The van der Waals surface area contributed by atoms with Gasteiger partial charge >= 0.3 is 0 Å². The molecule has 0 N–H and O–H groups in total. The van der Waals surface area contributed by atoms with E-state index in [9.17, 15) is 14.2 Å². The second-order valence-electron chi connectivity index (χ2n) is 7.79. The number of allylic oxidation sites excluding steroid dienone is 2. The minimum absolute atomic E-state index is 0.221. The molecule has 2 bridgehead atoms. The van der Waals surface area contributed by atoms with Crippen LogP contribution in [0.3, 0.4) is 0 Å². The van der Waals surface area contributed by atoms with Gasteiger partial charge in [0.2, 0.25) is 11.8 Å². The van der Waals surface area contributed by atoms with Gasteiger partial charge in [-0.1, -0.05) is 60.1 Å². The monoisotopic (exact) mass is 411 g/mol. The Morgan fingerprint density at radius 3 is 2.14 bits per heavy atom. The molecule has 0 radical (unpaired) electrons. The summed E-state index contributed by atoms with van der Waals surface area (Å²) in [5.41, 5.74) is 0.861. The standard InChI is InChI=1S/C22H19ClNO3P/c1-13-19(23)16-12-28(27,15-10-6-3-7-11-15)20(13)18-17(16)21(25)24(22(18)26)14-8-4-2-5-9-14/h2-11,16-18,20H,12H2,1H3/t16?,17-,18-,20?,28?/m0/s1. The summed E-state index contributed by atoms with van der Waals surface area (Å²) in [6, 6.07) is 18.3.